The van der Waals surface area contributed by atoms with Gasteiger partial charge in [-0.1, -0.05) is 12.1 Å². The fourth-order valence-corrected chi connectivity index (χ4v) is 5.68. The van der Waals surface area contributed by atoms with Crippen LogP contribution in [-0.2, 0) is 36.3 Å². The molecule has 182 valence electrons. The van der Waals surface area contributed by atoms with E-state index in [1.54, 1.807) is 33.1 Å². The van der Waals surface area contributed by atoms with Crippen molar-refractivity contribution in [1.29, 1.82) is 0 Å². The third kappa shape index (κ3) is 4.53. The van der Waals surface area contributed by atoms with E-state index < -0.39 is 15.4 Å². The predicted octanol–water partition coefficient (Wildman–Crippen LogP) is 1.66. The topological polar surface area (TPSA) is 105 Å². The molecule has 0 unspecified atom stereocenters. The number of carbonyl (C=O) groups is 2. The highest BCUT2D eigenvalue weighted by Gasteiger charge is 2.45. The summed E-state index contributed by atoms with van der Waals surface area (Å²) in [7, 11) is -2.13. The van der Waals surface area contributed by atoms with E-state index in [2.05, 4.69) is 5.32 Å². The minimum absolute atomic E-state index is 0.137. The van der Waals surface area contributed by atoms with Crippen molar-refractivity contribution >= 4 is 27.5 Å². The Bertz CT molecular complexity index is 1200. The van der Waals surface area contributed by atoms with Gasteiger partial charge in [0, 0.05) is 25.3 Å². The smallest absolute Gasteiger partial charge is 0.243 e. The van der Waals surface area contributed by atoms with Gasteiger partial charge in [-0.15, -0.1) is 0 Å². The lowest BCUT2D eigenvalue weighted by atomic mass is 9.86. The molecule has 0 atom stereocenters. The Balaban J connectivity index is 1.52. The second-order valence-corrected chi connectivity index (χ2v) is 10.8. The van der Waals surface area contributed by atoms with Crippen LogP contribution in [0.15, 0.2) is 47.4 Å². The molecule has 34 heavy (non-hydrogen) atoms. The molecule has 0 saturated carbocycles. The van der Waals surface area contributed by atoms with Crippen LogP contribution in [0.25, 0.3) is 0 Å². The monoisotopic (exact) mass is 487 g/mol. The van der Waals surface area contributed by atoms with Crippen LogP contribution in [0.4, 0.5) is 5.69 Å². The van der Waals surface area contributed by atoms with Crippen LogP contribution in [0.3, 0.4) is 0 Å². The maximum absolute atomic E-state index is 13.2. The summed E-state index contributed by atoms with van der Waals surface area (Å²) in [5.41, 5.74) is 1.05. The number of benzene rings is 2. The lowest BCUT2D eigenvalue weighted by Crippen LogP contribution is -2.42. The van der Waals surface area contributed by atoms with Gasteiger partial charge in [-0.25, -0.2) is 8.42 Å². The number of methoxy groups -OCH3 is 1. The van der Waals surface area contributed by atoms with Gasteiger partial charge in [0.05, 0.1) is 30.6 Å². The van der Waals surface area contributed by atoms with E-state index in [1.807, 2.05) is 24.3 Å². The third-order valence-corrected chi connectivity index (χ3v) is 8.14. The van der Waals surface area contributed by atoms with E-state index in [4.69, 9.17) is 9.47 Å². The van der Waals surface area contributed by atoms with Crippen LogP contribution >= 0.6 is 0 Å². The minimum atomic E-state index is -3.70. The molecule has 1 N–H and O–H groups in total. The quantitative estimate of drug-likeness (QED) is 0.637. The number of ether oxygens (including phenoxy) is 2. The second-order valence-electron chi connectivity index (χ2n) is 8.84. The second kappa shape index (κ2) is 9.36. The fraction of sp³-hybridized carbons (Fsp3) is 0.417. The first kappa shape index (κ1) is 24.2. The molecule has 2 amide bonds. The number of nitrogens with zero attached hydrogens (tertiary/aromatic N) is 2. The van der Waals surface area contributed by atoms with Crippen molar-refractivity contribution in [2.24, 2.45) is 0 Å². The highest BCUT2D eigenvalue weighted by atomic mass is 32.2. The SMILES string of the molecule is COc1cccc(CNC(=O)CN2C(=O)C(C)(C)c3cc(S(=O)(=O)N4CCOCC4)ccc32)c1. The van der Waals surface area contributed by atoms with Crippen molar-refractivity contribution in [3.8, 4) is 5.75 Å². The van der Waals surface area contributed by atoms with Crippen molar-refractivity contribution < 1.29 is 27.5 Å². The molecule has 1 fully saturated rings. The zero-order chi connectivity index (χ0) is 24.5. The van der Waals surface area contributed by atoms with E-state index >= 15 is 0 Å². The first-order valence-corrected chi connectivity index (χ1v) is 12.5. The maximum atomic E-state index is 13.2. The van der Waals surface area contributed by atoms with E-state index in [-0.39, 0.29) is 23.3 Å². The molecule has 9 nitrogen and oxygen atoms in total. The van der Waals surface area contributed by atoms with E-state index in [9.17, 15) is 18.0 Å². The zero-order valence-electron chi connectivity index (χ0n) is 19.5. The van der Waals surface area contributed by atoms with Gasteiger partial charge in [-0.05, 0) is 55.3 Å². The molecular weight excluding hydrogens is 458 g/mol. The Morgan fingerprint density at radius 2 is 1.88 bits per heavy atom. The molecule has 0 bridgehead atoms. The molecule has 0 spiro atoms. The Labute approximate surface area is 199 Å². The van der Waals surface area contributed by atoms with Gasteiger partial charge in [0.15, 0.2) is 0 Å². The van der Waals surface area contributed by atoms with Crippen molar-refractivity contribution in [1.82, 2.24) is 9.62 Å². The molecule has 0 aliphatic carbocycles. The fourth-order valence-electron chi connectivity index (χ4n) is 4.25. The molecule has 10 heteroatoms. The predicted molar refractivity (Wildman–Crippen MR) is 126 cm³/mol. The number of anilines is 1. The van der Waals surface area contributed by atoms with Crippen molar-refractivity contribution in [2.75, 3.05) is 44.9 Å². The molecule has 2 aromatic carbocycles. The standard InChI is InChI=1S/C24H29N3O6S/c1-24(2)20-14-19(34(30,31)26-9-11-33-12-10-26)7-8-21(20)27(23(24)29)16-22(28)25-15-17-5-4-6-18(13-17)32-3/h4-8,13-14H,9-12,15-16H2,1-3H3,(H,25,28). The number of amides is 2. The Morgan fingerprint density at radius 1 is 1.15 bits per heavy atom. The highest BCUT2D eigenvalue weighted by Crippen LogP contribution is 2.42. The normalized spacial score (nSPS) is 18.0. The first-order chi connectivity index (χ1) is 16.1. The number of rotatable bonds is 7. The Morgan fingerprint density at radius 3 is 2.59 bits per heavy atom. The average molecular weight is 488 g/mol. The Kier molecular flexibility index (Phi) is 6.66. The van der Waals surface area contributed by atoms with Crippen molar-refractivity contribution in [3.63, 3.8) is 0 Å². The molecule has 1 saturated heterocycles. The van der Waals surface area contributed by atoms with Crippen molar-refractivity contribution in [3.05, 3.63) is 53.6 Å². The van der Waals surface area contributed by atoms with Crippen molar-refractivity contribution in [2.45, 2.75) is 30.7 Å². The molecule has 0 radical (unpaired) electrons. The number of nitrogens with one attached hydrogen (secondary N) is 1. The molecule has 2 aromatic rings. The van der Waals surface area contributed by atoms with E-state index in [0.29, 0.717) is 49.8 Å². The van der Waals surface area contributed by atoms with Gasteiger partial charge >= 0.3 is 0 Å². The molecule has 0 aromatic heterocycles. The largest absolute Gasteiger partial charge is 0.497 e. The zero-order valence-corrected chi connectivity index (χ0v) is 20.4. The first-order valence-electron chi connectivity index (χ1n) is 11.1. The number of morpholine rings is 1. The Hall–Kier alpha value is -2.95. The number of fused-ring (bicyclic) bond motifs is 1. The summed E-state index contributed by atoms with van der Waals surface area (Å²) >= 11 is 0. The van der Waals surface area contributed by atoms with Crippen LogP contribution in [0.2, 0.25) is 0 Å². The summed E-state index contributed by atoms with van der Waals surface area (Å²) in [6.45, 7) is 4.92. The number of hydrogen-bond acceptors (Lipinski definition) is 6. The summed E-state index contributed by atoms with van der Waals surface area (Å²) in [6.07, 6.45) is 0. The molecule has 2 heterocycles. The van der Waals surface area contributed by atoms with E-state index in [1.165, 1.54) is 15.3 Å². The van der Waals surface area contributed by atoms with Crippen LogP contribution < -0.4 is 15.0 Å². The van der Waals surface area contributed by atoms with Crippen LogP contribution in [0.1, 0.15) is 25.0 Å². The van der Waals surface area contributed by atoms with Gasteiger partial charge in [-0.3, -0.25) is 9.59 Å². The lowest BCUT2D eigenvalue weighted by Gasteiger charge is -2.26. The number of sulfonamides is 1. The van der Waals surface area contributed by atoms with E-state index in [0.717, 1.165) is 5.56 Å². The summed E-state index contributed by atoms with van der Waals surface area (Å²) in [5, 5.41) is 2.83. The number of carbonyl (C=O) groups excluding carboxylic acids is 2. The summed E-state index contributed by atoms with van der Waals surface area (Å²) in [5.74, 6) is 0.129. The van der Waals surface area contributed by atoms with Crippen LogP contribution in [-0.4, -0.2) is 64.5 Å². The van der Waals surface area contributed by atoms with Gasteiger partial charge < -0.3 is 19.7 Å². The molecule has 4 rings (SSSR count). The third-order valence-electron chi connectivity index (χ3n) is 6.25. The minimum Gasteiger partial charge on any atom is -0.497 e. The van der Waals surface area contributed by atoms with Gasteiger partial charge in [0.25, 0.3) is 0 Å². The van der Waals surface area contributed by atoms with Gasteiger partial charge in [0.2, 0.25) is 21.8 Å². The highest BCUT2D eigenvalue weighted by molar-refractivity contribution is 7.89. The van der Waals surface area contributed by atoms with Gasteiger partial charge in [0.1, 0.15) is 12.3 Å². The summed E-state index contributed by atoms with van der Waals surface area (Å²) in [4.78, 5) is 27.4. The number of hydrogen-bond donors (Lipinski definition) is 1. The summed E-state index contributed by atoms with van der Waals surface area (Å²) < 4.78 is 38.1. The molecular formula is C24H29N3O6S. The maximum Gasteiger partial charge on any atom is 0.243 e. The summed E-state index contributed by atoms with van der Waals surface area (Å²) in [6, 6.07) is 12.0. The average Bonchev–Trinajstić information content (AvgIpc) is 3.03. The van der Waals surface area contributed by atoms with Crippen LogP contribution in [0, 0.1) is 0 Å². The van der Waals surface area contributed by atoms with Crippen LogP contribution in [0.5, 0.6) is 5.75 Å². The lowest BCUT2D eigenvalue weighted by molar-refractivity contribution is -0.125. The molecule has 2 aliphatic rings. The van der Waals surface area contributed by atoms with Gasteiger partial charge in [-0.2, -0.15) is 4.31 Å². The molecule has 2 aliphatic heterocycles.